The molecule has 0 aliphatic heterocycles. The molecule has 0 radical (unpaired) electrons. The molecule has 2 N–H and O–H groups in total. The van der Waals surface area contributed by atoms with Crippen LogP contribution in [0.5, 0.6) is 0 Å². The maximum absolute atomic E-state index is 12.6. The maximum Gasteiger partial charge on any atom is 0.272 e. The number of carbonyl (C=O) groups is 2. The molecule has 2 amide bonds. The van der Waals surface area contributed by atoms with Gasteiger partial charge >= 0.3 is 0 Å². The van der Waals surface area contributed by atoms with Crippen molar-refractivity contribution in [3.8, 4) is 0 Å². The van der Waals surface area contributed by atoms with Crippen LogP contribution in [-0.2, 0) is 16.1 Å². The van der Waals surface area contributed by atoms with E-state index in [1.54, 1.807) is 23.2 Å². The third kappa shape index (κ3) is 6.71. The van der Waals surface area contributed by atoms with Crippen molar-refractivity contribution in [3.63, 3.8) is 0 Å². The van der Waals surface area contributed by atoms with Crippen LogP contribution in [0.25, 0.3) is 6.08 Å². The maximum atomic E-state index is 12.6. The number of aromatic nitrogens is 2. The summed E-state index contributed by atoms with van der Waals surface area (Å²) >= 11 is 0. The molecule has 0 fully saturated rings. The summed E-state index contributed by atoms with van der Waals surface area (Å²) < 4.78 is 1.80. The Morgan fingerprint density at radius 2 is 1.89 bits per heavy atom. The molecule has 144 valence electrons. The molecule has 0 unspecified atom stereocenters. The van der Waals surface area contributed by atoms with Crippen molar-refractivity contribution in [1.82, 2.24) is 20.0 Å². The molecule has 1 aromatic carbocycles. The Bertz CT molecular complexity index is 779. The minimum atomic E-state index is -0.391. The zero-order valence-corrected chi connectivity index (χ0v) is 16.1. The second kappa shape index (κ2) is 10.3. The van der Waals surface area contributed by atoms with Crippen molar-refractivity contribution in [2.45, 2.75) is 27.3 Å². The topological polar surface area (TPSA) is 79.3 Å². The molecule has 7 heteroatoms. The van der Waals surface area contributed by atoms with Crippen LogP contribution in [0, 0.1) is 0 Å². The number of hydrogen-bond donors (Lipinski definition) is 2. The molecule has 0 aliphatic carbocycles. The number of carbonyl (C=O) groups excluding carboxylic acids is 2. The molecule has 0 saturated heterocycles. The van der Waals surface area contributed by atoms with Crippen LogP contribution in [0.15, 0.2) is 48.4 Å². The van der Waals surface area contributed by atoms with Crippen LogP contribution in [-0.4, -0.2) is 46.1 Å². The zero-order valence-electron chi connectivity index (χ0n) is 16.1. The van der Waals surface area contributed by atoms with Crippen molar-refractivity contribution in [2.75, 3.05) is 25.0 Å². The highest BCUT2D eigenvalue weighted by Gasteiger charge is 2.13. The molecule has 0 saturated carbocycles. The van der Waals surface area contributed by atoms with Crippen molar-refractivity contribution in [3.05, 3.63) is 54.0 Å². The van der Waals surface area contributed by atoms with Crippen molar-refractivity contribution < 1.29 is 9.59 Å². The third-order valence-electron chi connectivity index (χ3n) is 4.10. The Hall–Kier alpha value is -2.93. The Kier molecular flexibility index (Phi) is 7.76. The first-order valence-electron chi connectivity index (χ1n) is 9.12. The first-order valence-corrected chi connectivity index (χ1v) is 9.12. The van der Waals surface area contributed by atoms with E-state index in [1.165, 1.54) is 6.92 Å². The van der Waals surface area contributed by atoms with Gasteiger partial charge in [-0.25, -0.2) is 0 Å². The highest BCUT2D eigenvalue weighted by atomic mass is 16.2. The average molecular weight is 369 g/mol. The number of anilines is 1. The molecule has 2 aromatic rings. The minimum Gasteiger partial charge on any atom is -0.322 e. The van der Waals surface area contributed by atoms with Crippen LogP contribution in [0.1, 0.15) is 26.3 Å². The first-order chi connectivity index (χ1) is 13.0. The van der Waals surface area contributed by atoms with E-state index in [0.29, 0.717) is 5.69 Å². The zero-order chi connectivity index (χ0) is 19.6. The van der Waals surface area contributed by atoms with Gasteiger partial charge in [-0.05, 0) is 24.7 Å². The third-order valence-corrected chi connectivity index (χ3v) is 4.10. The fourth-order valence-corrected chi connectivity index (χ4v) is 2.60. The summed E-state index contributed by atoms with van der Waals surface area (Å²) in [5.74, 6) is -0.695. The number of likely N-dealkylation sites (N-methyl/N-ethyl adjacent to an activating group) is 1. The van der Waals surface area contributed by atoms with Crippen LogP contribution in [0.4, 0.5) is 5.69 Å². The van der Waals surface area contributed by atoms with E-state index in [9.17, 15) is 9.59 Å². The largest absolute Gasteiger partial charge is 0.322 e. The summed E-state index contributed by atoms with van der Waals surface area (Å²) in [5, 5.41) is 9.65. The number of hydrogen-bond acceptors (Lipinski definition) is 4. The van der Waals surface area contributed by atoms with Gasteiger partial charge in [-0.15, -0.1) is 0 Å². The van der Waals surface area contributed by atoms with Crippen molar-refractivity contribution >= 4 is 23.6 Å². The molecule has 2 rings (SSSR count). The second-order valence-corrected chi connectivity index (χ2v) is 6.12. The summed E-state index contributed by atoms with van der Waals surface area (Å²) in [6.07, 6.45) is 5.03. The van der Waals surface area contributed by atoms with Gasteiger partial charge in [0.25, 0.3) is 5.91 Å². The standard InChI is InChI=1S/C20H27N5O2/c1-4-24(5-2)11-12-25-15-18(14-21-25)23-20(27)19(22-16(3)26)13-17-9-7-6-8-10-17/h6-10,13-15H,4-5,11-12H2,1-3H3,(H,22,26)(H,23,27)/b19-13+. The lowest BCUT2D eigenvalue weighted by Gasteiger charge is -2.17. The van der Waals surface area contributed by atoms with E-state index in [0.717, 1.165) is 31.7 Å². The van der Waals surface area contributed by atoms with Gasteiger partial charge in [0.2, 0.25) is 5.91 Å². The van der Waals surface area contributed by atoms with E-state index in [2.05, 4.69) is 34.5 Å². The van der Waals surface area contributed by atoms with Gasteiger partial charge in [0.15, 0.2) is 0 Å². The van der Waals surface area contributed by atoms with Crippen molar-refractivity contribution in [1.29, 1.82) is 0 Å². The number of amides is 2. The quantitative estimate of drug-likeness (QED) is 0.665. The Morgan fingerprint density at radius 1 is 1.19 bits per heavy atom. The molecule has 1 aromatic heterocycles. The first kappa shape index (κ1) is 20.4. The Morgan fingerprint density at radius 3 is 2.52 bits per heavy atom. The molecule has 0 aliphatic rings. The highest BCUT2D eigenvalue weighted by Crippen LogP contribution is 2.10. The molecule has 7 nitrogen and oxygen atoms in total. The van der Waals surface area contributed by atoms with Crippen LogP contribution >= 0.6 is 0 Å². The SMILES string of the molecule is CCN(CC)CCn1cc(NC(=O)/C(=C\c2ccccc2)NC(C)=O)cn1. The Balaban J connectivity index is 2.05. The molecule has 0 bridgehead atoms. The van der Waals surface area contributed by atoms with Crippen LogP contribution in [0.2, 0.25) is 0 Å². The molecule has 0 spiro atoms. The fourth-order valence-electron chi connectivity index (χ4n) is 2.60. The van der Waals surface area contributed by atoms with Gasteiger partial charge in [-0.3, -0.25) is 14.3 Å². The summed E-state index contributed by atoms with van der Waals surface area (Å²) in [5.41, 5.74) is 1.60. The molecule has 0 atom stereocenters. The summed E-state index contributed by atoms with van der Waals surface area (Å²) in [6, 6.07) is 9.35. The van der Waals surface area contributed by atoms with Gasteiger partial charge in [-0.1, -0.05) is 44.2 Å². The average Bonchev–Trinajstić information content (AvgIpc) is 3.10. The van der Waals surface area contributed by atoms with Gasteiger partial charge in [0, 0.05) is 19.7 Å². The van der Waals surface area contributed by atoms with Gasteiger partial charge in [0.1, 0.15) is 5.70 Å². The molecular formula is C20H27N5O2. The van der Waals surface area contributed by atoms with Gasteiger partial charge < -0.3 is 15.5 Å². The lowest BCUT2D eigenvalue weighted by Crippen LogP contribution is -2.29. The minimum absolute atomic E-state index is 0.185. The monoisotopic (exact) mass is 369 g/mol. The molecule has 27 heavy (non-hydrogen) atoms. The fraction of sp³-hybridized carbons (Fsp3) is 0.350. The smallest absolute Gasteiger partial charge is 0.272 e. The summed E-state index contributed by atoms with van der Waals surface area (Å²) in [6.45, 7) is 9.25. The van der Waals surface area contributed by atoms with Crippen LogP contribution in [0.3, 0.4) is 0 Å². The van der Waals surface area contributed by atoms with Crippen molar-refractivity contribution in [2.24, 2.45) is 0 Å². The van der Waals surface area contributed by atoms with Gasteiger partial charge in [-0.2, -0.15) is 5.10 Å². The highest BCUT2D eigenvalue weighted by molar-refractivity contribution is 6.08. The number of nitrogens with one attached hydrogen (secondary N) is 2. The summed E-state index contributed by atoms with van der Waals surface area (Å²) in [4.78, 5) is 26.3. The molecule has 1 heterocycles. The van der Waals surface area contributed by atoms with E-state index in [1.807, 2.05) is 30.3 Å². The number of nitrogens with zero attached hydrogens (tertiary/aromatic N) is 3. The van der Waals surface area contributed by atoms with E-state index in [-0.39, 0.29) is 11.6 Å². The second-order valence-electron chi connectivity index (χ2n) is 6.12. The van der Waals surface area contributed by atoms with E-state index in [4.69, 9.17) is 0 Å². The predicted octanol–water partition coefficient (Wildman–Crippen LogP) is 2.34. The number of benzene rings is 1. The van der Waals surface area contributed by atoms with E-state index >= 15 is 0 Å². The van der Waals surface area contributed by atoms with Crippen LogP contribution < -0.4 is 10.6 Å². The normalized spacial score (nSPS) is 11.5. The van der Waals surface area contributed by atoms with Gasteiger partial charge in [0.05, 0.1) is 18.4 Å². The summed E-state index contributed by atoms with van der Waals surface area (Å²) in [7, 11) is 0. The predicted molar refractivity (Wildman–Crippen MR) is 107 cm³/mol. The lowest BCUT2D eigenvalue weighted by atomic mass is 10.2. The number of rotatable bonds is 9. The lowest BCUT2D eigenvalue weighted by molar-refractivity contribution is -0.120. The molecular weight excluding hydrogens is 342 g/mol. The Labute approximate surface area is 160 Å². The van der Waals surface area contributed by atoms with E-state index < -0.39 is 5.91 Å².